The molecule has 0 radical (unpaired) electrons. The van der Waals surface area contributed by atoms with E-state index in [4.69, 9.17) is 14.2 Å². The summed E-state index contributed by atoms with van der Waals surface area (Å²) in [5.74, 6) is -4.00. The Hall–Kier alpha value is -4.71. The van der Waals surface area contributed by atoms with E-state index in [1.54, 1.807) is 0 Å². The van der Waals surface area contributed by atoms with Crippen LogP contribution in [0.5, 0.6) is 5.75 Å². The number of rotatable bonds is 8. The van der Waals surface area contributed by atoms with E-state index in [2.05, 4.69) is 97.6 Å². The molecule has 1 aliphatic heterocycles. The molecule has 7 rings (SSSR count). The number of hydrogen-bond acceptors (Lipinski definition) is 9. The highest BCUT2D eigenvalue weighted by atomic mass is 32.2. The Morgan fingerprint density at radius 3 is 1.77 bits per heavy atom. The van der Waals surface area contributed by atoms with Crippen molar-refractivity contribution in [3.63, 3.8) is 0 Å². The van der Waals surface area contributed by atoms with E-state index in [9.17, 15) is 27.4 Å². The second-order valence-electron chi connectivity index (χ2n) is 11.8. The van der Waals surface area contributed by atoms with Crippen LogP contribution in [0, 0.1) is 23.7 Å². The summed E-state index contributed by atoms with van der Waals surface area (Å²) in [5, 5.41) is 0. The van der Waals surface area contributed by atoms with Gasteiger partial charge in [0.25, 0.3) is 0 Å². The molecule has 2 bridgehead atoms. The van der Waals surface area contributed by atoms with Crippen molar-refractivity contribution in [2.75, 3.05) is 0 Å². The minimum Gasteiger partial charge on any atom is -0.744 e. The predicted octanol–water partition coefficient (Wildman–Crippen LogP) is 5.57. The van der Waals surface area contributed by atoms with Crippen molar-refractivity contribution in [3.05, 3.63) is 127 Å². The molecule has 2 aliphatic carbocycles. The zero-order valence-corrected chi connectivity index (χ0v) is 27.5. The van der Waals surface area contributed by atoms with Crippen LogP contribution in [0.1, 0.15) is 13.3 Å². The Bertz CT molecular complexity index is 1820. The lowest BCUT2D eigenvalue weighted by atomic mass is 9.78. The maximum atomic E-state index is 12.8. The molecule has 0 amide bonds. The van der Waals surface area contributed by atoms with Gasteiger partial charge in [-0.3, -0.25) is 9.59 Å². The minimum atomic E-state index is -4.62. The molecule has 1 saturated heterocycles. The van der Waals surface area contributed by atoms with Crippen molar-refractivity contribution in [1.29, 1.82) is 0 Å². The maximum Gasteiger partial charge on any atom is 0.333 e. The molecule has 2 saturated carbocycles. The standard InChI is InChI=1S/C19H18O9S.C18H15S/c1-8(2)17(20)27-15-11-7-12-14(19(22)28-16(12)15)13(11)18(21)26-9-3-5-10(6-4-9)29(23,24)25;1-4-10-16(11-5-1)19(17-12-6-2-7-13-17)18-14-8-3-9-15-18/h3-6,11-16H,1,7H2,2H3,(H,23,24,25);1-15H/q;+1/p-1. The lowest BCUT2D eigenvalue weighted by Gasteiger charge is -2.30. The zero-order valence-electron chi connectivity index (χ0n) is 25.8. The first-order chi connectivity index (χ1) is 23.0. The van der Waals surface area contributed by atoms with Gasteiger partial charge in [-0.1, -0.05) is 61.2 Å². The van der Waals surface area contributed by atoms with Gasteiger partial charge in [-0.25, -0.2) is 13.2 Å². The fraction of sp³-hybridized carbons (Fsp3) is 0.216. The molecular formula is C37H32O9S2. The molecular weight excluding hydrogens is 653 g/mol. The van der Waals surface area contributed by atoms with Gasteiger partial charge in [-0.2, -0.15) is 0 Å². The molecule has 0 aromatic heterocycles. The first kappa shape index (κ1) is 33.2. The van der Waals surface area contributed by atoms with Crippen LogP contribution in [-0.4, -0.2) is 43.1 Å². The summed E-state index contributed by atoms with van der Waals surface area (Å²) in [7, 11) is -4.63. The zero-order chi connectivity index (χ0) is 34.0. The van der Waals surface area contributed by atoms with Crippen LogP contribution in [0.25, 0.3) is 0 Å². The van der Waals surface area contributed by atoms with Crippen LogP contribution in [0.15, 0.2) is 147 Å². The first-order valence-electron chi connectivity index (χ1n) is 15.3. The highest BCUT2D eigenvalue weighted by molar-refractivity contribution is 7.97. The van der Waals surface area contributed by atoms with Crippen molar-refractivity contribution in [1.82, 2.24) is 0 Å². The molecule has 6 atom stereocenters. The summed E-state index contributed by atoms with van der Waals surface area (Å²) in [6.07, 6.45) is -0.841. The van der Waals surface area contributed by atoms with E-state index in [1.165, 1.54) is 33.7 Å². The van der Waals surface area contributed by atoms with Crippen LogP contribution in [0.3, 0.4) is 0 Å². The number of hydrogen-bond donors (Lipinski definition) is 0. The Labute approximate surface area is 281 Å². The smallest absolute Gasteiger partial charge is 0.333 e. The molecule has 0 N–H and O–H groups in total. The van der Waals surface area contributed by atoms with Gasteiger partial charge in [0.1, 0.15) is 28.1 Å². The number of carbonyl (C=O) groups is 3. The van der Waals surface area contributed by atoms with Crippen LogP contribution in [0.2, 0.25) is 0 Å². The van der Waals surface area contributed by atoms with Gasteiger partial charge in [0.05, 0.1) is 27.6 Å². The summed E-state index contributed by atoms with van der Waals surface area (Å²) >= 11 is 0. The fourth-order valence-corrected chi connectivity index (χ4v) is 9.20. The molecule has 0 spiro atoms. The van der Waals surface area contributed by atoms with Gasteiger partial charge in [0, 0.05) is 17.4 Å². The van der Waals surface area contributed by atoms with Gasteiger partial charge >= 0.3 is 17.9 Å². The Kier molecular flexibility index (Phi) is 9.54. The molecule has 6 unspecified atom stereocenters. The fourth-order valence-electron chi connectivity index (χ4n) is 6.63. The topological polar surface area (TPSA) is 136 Å². The summed E-state index contributed by atoms with van der Waals surface area (Å²) in [4.78, 5) is 40.7. The monoisotopic (exact) mass is 684 g/mol. The van der Waals surface area contributed by atoms with E-state index < -0.39 is 62.9 Å². The molecule has 9 nitrogen and oxygen atoms in total. The number of esters is 3. The third kappa shape index (κ3) is 6.80. The Balaban J connectivity index is 0.000000182. The van der Waals surface area contributed by atoms with Crippen LogP contribution >= 0.6 is 0 Å². The quantitative estimate of drug-likeness (QED) is 0.0767. The highest BCUT2D eigenvalue weighted by Gasteiger charge is 2.70. The average Bonchev–Trinajstić information content (AvgIpc) is 3.71. The number of benzene rings is 4. The minimum absolute atomic E-state index is 0.0146. The van der Waals surface area contributed by atoms with Gasteiger partial charge < -0.3 is 18.8 Å². The summed E-state index contributed by atoms with van der Waals surface area (Å²) in [6, 6.07) is 36.6. The molecule has 11 heteroatoms. The van der Waals surface area contributed by atoms with Crippen molar-refractivity contribution in [2.45, 2.75) is 45.1 Å². The van der Waals surface area contributed by atoms with Gasteiger partial charge in [-0.05, 0) is 74.0 Å². The van der Waals surface area contributed by atoms with Crippen molar-refractivity contribution >= 4 is 38.9 Å². The van der Waals surface area contributed by atoms with Crippen molar-refractivity contribution in [3.8, 4) is 5.75 Å². The molecule has 246 valence electrons. The van der Waals surface area contributed by atoms with E-state index in [-0.39, 0.29) is 28.1 Å². The lowest BCUT2D eigenvalue weighted by Crippen LogP contribution is -2.44. The average molecular weight is 685 g/mol. The van der Waals surface area contributed by atoms with Crippen molar-refractivity contribution < 1.29 is 41.6 Å². The maximum absolute atomic E-state index is 12.8. The van der Waals surface area contributed by atoms with Crippen LogP contribution in [0.4, 0.5) is 0 Å². The van der Waals surface area contributed by atoms with E-state index >= 15 is 0 Å². The Morgan fingerprint density at radius 1 is 0.812 bits per heavy atom. The molecule has 3 fully saturated rings. The van der Waals surface area contributed by atoms with Crippen LogP contribution in [-0.2, 0) is 44.9 Å². The summed E-state index contributed by atoms with van der Waals surface area (Å²) in [6.45, 7) is 5.03. The van der Waals surface area contributed by atoms with E-state index in [0.717, 1.165) is 12.1 Å². The van der Waals surface area contributed by atoms with Crippen LogP contribution < -0.4 is 4.74 Å². The summed E-state index contributed by atoms with van der Waals surface area (Å²) < 4.78 is 49.1. The number of ether oxygens (including phenoxy) is 3. The second-order valence-corrected chi connectivity index (χ2v) is 15.2. The molecule has 48 heavy (non-hydrogen) atoms. The largest absolute Gasteiger partial charge is 0.744 e. The van der Waals surface area contributed by atoms with E-state index in [1.807, 2.05) is 0 Å². The molecule has 1 heterocycles. The number of carbonyl (C=O) groups excluding carboxylic acids is 3. The third-order valence-electron chi connectivity index (χ3n) is 8.68. The van der Waals surface area contributed by atoms with Crippen molar-refractivity contribution in [2.24, 2.45) is 23.7 Å². The van der Waals surface area contributed by atoms with Gasteiger partial charge in [0.15, 0.2) is 14.7 Å². The Morgan fingerprint density at radius 2 is 1.31 bits per heavy atom. The molecule has 3 aliphatic rings. The molecule has 4 aromatic carbocycles. The third-order valence-corrected chi connectivity index (χ3v) is 11.8. The normalized spacial score (nSPS) is 23.5. The highest BCUT2D eigenvalue weighted by Crippen LogP contribution is 2.59. The van der Waals surface area contributed by atoms with E-state index in [0.29, 0.717) is 6.42 Å². The predicted molar refractivity (Wildman–Crippen MR) is 175 cm³/mol. The second kappa shape index (κ2) is 13.8. The lowest BCUT2D eigenvalue weighted by molar-refractivity contribution is -0.160. The first-order valence-corrected chi connectivity index (χ1v) is 17.9. The van der Waals surface area contributed by atoms with Gasteiger partial charge in [0.2, 0.25) is 0 Å². The number of fused-ring (bicyclic) bond motifs is 1. The van der Waals surface area contributed by atoms with Gasteiger partial charge in [-0.15, -0.1) is 0 Å². The summed E-state index contributed by atoms with van der Waals surface area (Å²) in [5.41, 5.74) is 0.196. The molecule has 4 aromatic rings. The SMILES string of the molecule is C=C(C)C(=O)OC1C2CC3C1OC(=O)C3C2C(=O)Oc1ccc(S(=O)(=O)[O-])cc1.c1ccc([S+](c2ccccc2)c2ccccc2)cc1.